The van der Waals surface area contributed by atoms with Crippen LogP contribution < -0.4 is 5.73 Å². The molecule has 1 aliphatic rings. The molecule has 3 nitrogen and oxygen atoms in total. The van der Waals surface area contributed by atoms with Crippen LogP contribution in [0.4, 0.5) is 0 Å². The van der Waals surface area contributed by atoms with Crippen LogP contribution in [0.3, 0.4) is 0 Å². The van der Waals surface area contributed by atoms with E-state index in [1.165, 1.54) is 38.0 Å². The molecule has 1 fully saturated rings. The summed E-state index contributed by atoms with van der Waals surface area (Å²) >= 11 is 0. The van der Waals surface area contributed by atoms with E-state index >= 15 is 0 Å². The van der Waals surface area contributed by atoms with E-state index in [0.29, 0.717) is 0 Å². The molecule has 118 valence electrons. The van der Waals surface area contributed by atoms with Crippen LogP contribution >= 0.6 is 0 Å². The fourth-order valence-electron chi connectivity index (χ4n) is 3.67. The molecule has 1 saturated heterocycles. The number of likely N-dealkylation sites (tertiary alicyclic amines) is 1. The predicted octanol–water partition coefficient (Wildman–Crippen LogP) is 2.36. The maximum absolute atomic E-state index is 6.14. The van der Waals surface area contributed by atoms with Gasteiger partial charge in [0.25, 0.3) is 0 Å². The van der Waals surface area contributed by atoms with Crippen molar-refractivity contribution in [2.75, 3.05) is 39.3 Å². The summed E-state index contributed by atoms with van der Waals surface area (Å²) in [5.74, 6) is 0. The Morgan fingerprint density at radius 2 is 1.71 bits per heavy atom. The Balaban J connectivity index is 1.84. The molecule has 2 rings (SSSR count). The van der Waals surface area contributed by atoms with Gasteiger partial charge in [-0.1, -0.05) is 44.2 Å². The molecule has 0 saturated carbocycles. The highest BCUT2D eigenvalue weighted by Crippen LogP contribution is 2.28. The third kappa shape index (κ3) is 4.06. The minimum atomic E-state index is 0.243. The molecule has 0 spiro atoms. The van der Waals surface area contributed by atoms with Crippen LogP contribution in [0.2, 0.25) is 0 Å². The standard InChI is InChI=1S/C18H31N3/c1-3-21(4-2)18(16-19)11-14-20(15-12-18)13-10-17-8-6-5-7-9-17/h5-9H,3-4,10-16,19H2,1-2H3. The van der Waals surface area contributed by atoms with Gasteiger partial charge in [0.2, 0.25) is 0 Å². The van der Waals surface area contributed by atoms with Crippen molar-refractivity contribution in [1.82, 2.24) is 9.80 Å². The van der Waals surface area contributed by atoms with Crippen LogP contribution in [-0.4, -0.2) is 54.6 Å². The normalized spacial score (nSPS) is 19.0. The average Bonchev–Trinajstić information content (AvgIpc) is 2.56. The van der Waals surface area contributed by atoms with Crippen molar-refractivity contribution in [3.05, 3.63) is 35.9 Å². The lowest BCUT2D eigenvalue weighted by molar-refractivity contribution is 0.0342. The first-order valence-corrected chi connectivity index (χ1v) is 8.45. The Hall–Kier alpha value is -0.900. The van der Waals surface area contributed by atoms with Gasteiger partial charge in [-0.05, 0) is 51.0 Å². The van der Waals surface area contributed by atoms with Crippen LogP contribution in [0.1, 0.15) is 32.3 Å². The lowest BCUT2D eigenvalue weighted by Gasteiger charge is -2.48. The Morgan fingerprint density at radius 3 is 2.24 bits per heavy atom. The van der Waals surface area contributed by atoms with E-state index in [-0.39, 0.29) is 5.54 Å². The summed E-state index contributed by atoms with van der Waals surface area (Å²) in [6, 6.07) is 10.8. The Labute approximate surface area is 130 Å². The van der Waals surface area contributed by atoms with Gasteiger partial charge in [-0.3, -0.25) is 4.90 Å². The lowest BCUT2D eigenvalue weighted by Crippen LogP contribution is -2.59. The highest BCUT2D eigenvalue weighted by molar-refractivity contribution is 5.15. The van der Waals surface area contributed by atoms with Gasteiger partial charge in [-0.25, -0.2) is 0 Å². The lowest BCUT2D eigenvalue weighted by atomic mass is 9.85. The fourth-order valence-corrected chi connectivity index (χ4v) is 3.67. The number of benzene rings is 1. The van der Waals surface area contributed by atoms with Crippen molar-refractivity contribution in [1.29, 1.82) is 0 Å². The molecule has 1 aromatic rings. The summed E-state index contributed by atoms with van der Waals surface area (Å²) in [5.41, 5.74) is 7.82. The summed E-state index contributed by atoms with van der Waals surface area (Å²) in [6.45, 7) is 11.0. The second kappa shape index (κ2) is 7.92. The van der Waals surface area contributed by atoms with Crippen molar-refractivity contribution in [3.8, 4) is 0 Å². The van der Waals surface area contributed by atoms with Crippen LogP contribution in [-0.2, 0) is 6.42 Å². The third-order valence-corrected chi connectivity index (χ3v) is 5.16. The topological polar surface area (TPSA) is 32.5 Å². The van der Waals surface area contributed by atoms with Crippen LogP contribution in [0.25, 0.3) is 0 Å². The maximum Gasteiger partial charge on any atom is 0.0355 e. The second-order valence-corrected chi connectivity index (χ2v) is 6.18. The zero-order chi connectivity index (χ0) is 15.1. The molecule has 3 heteroatoms. The number of hydrogen-bond donors (Lipinski definition) is 1. The molecule has 0 unspecified atom stereocenters. The molecule has 0 amide bonds. The molecule has 0 aliphatic carbocycles. The highest BCUT2D eigenvalue weighted by atomic mass is 15.2. The summed E-state index contributed by atoms with van der Waals surface area (Å²) in [7, 11) is 0. The average molecular weight is 289 g/mol. The van der Waals surface area contributed by atoms with E-state index < -0.39 is 0 Å². The Morgan fingerprint density at radius 1 is 1.10 bits per heavy atom. The van der Waals surface area contributed by atoms with Gasteiger partial charge in [-0.2, -0.15) is 0 Å². The third-order valence-electron chi connectivity index (χ3n) is 5.16. The van der Waals surface area contributed by atoms with Gasteiger partial charge in [0.05, 0.1) is 0 Å². The van der Waals surface area contributed by atoms with E-state index in [2.05, 4.69) is 54.0 Å². The molecule has 1 heterocycles. The summed E-state index contributed by atoms with van der Waals surface area (Å²) in [4.78, 5) is 5.17. The maximum atomic E-state index is 6.14. The van der Waals surface area contributed by atoms with Crippen LogP contribution in [0.15, 0.2) is 30.3 Å². The van der Waals surface area contributed by atoms with E-state index in [0.717, 1.165) is 26.1 Å². The molecular weight excluding hydrogens is 258 g/mol. The first-order chi connectivity index (χ1) is 10.2. The molecule has 1 aliphatic heterocycles. The van der Waals surface area contributed by atoms with Gasteiger partial charge < -0.3 is 10.6 Å². The quantitative estimate of drug-likeness (QED) is 0.836. The van der Waals surface area contributed by atoms with Gasteiger partial charge in [-0.15, -0.1) is 0 Å². The molecule has 0 aromatic heterocycles. The number of nitrogens with two attached hydrogens (primary N) is 1. The first kappa shape index (κ1) is 16.5. The summed E-state index contributed by atoms with van der Waals surface area (Å²) in [5, 5.41) is 0. The second-order valence-electron chi connectivity index (χ2n) is 6.18. The molecular formula is C18H31N3. The van der Waals surface area contributed by atoms with Crippen LogP contribution in [0.5, 0.6) is 0 Å². The molecule has 1 aromatic carbocycles. The van der Waals surface area contributed by atoms with E-state index in [1.807, 2.05) is 0 Å². The Bertz CT molecular complexity index is 392. The monoisotopic (exact) mass is 289 g/mol. The van der Waals surface area contributed by atoms with Gasteiger partial charge in [0, 0.05) is 18.6 Å². The van der Waals surface area contributed by atoms with Gasteiger partial charge in [0.1, 0.15) is 0 Å². The van der Waals surface area contributed by atoms with Crippen molar-refractivity contribution >= 4 is 0 Å². The van der Waals surface area contributed by atoms with Crippen molar-refractivity contribution in [3.63, 3.8) is 0 Å². The minimum absolute atomic E-state index is 0.243. The SMILES string of the molecule is CCN(CC)C1(CN)CCN(CCc2ccccc2)CC1. The fraction of sp³-hybridized carbons (Fsp3) is 0.667. The van der Waals surface area contributed by atoms with E-state index in [4.69, 9.17) is 5.73 Å². The smallest absolute Gasteiger partial charge is 0.0355 e. The predicted molar refractivity (Wildman–Crippen MR) is 90.5 cm³/mol. The molecule has 2 N–H and O–H groups in total. The Kier molecular flexibility index (Phi) is 6.22. The first-order valence-electron chi connectivity index (χ1n) is 8.45. The number of piperidine rings is 1. The number of likely N-dealkylation sites (N-methyl/N-ethyl adjacent to an activating group) is 1. The molecule has 0 radical (unpaired) electrons. The molecule has 0 atom stereocenters. The highest BCUT2D eigenvalue weighted by Gasteiger charge is 2.37. The number of rotatable bonds is 7. The zero-order valence-corrected chi connectivity index (χ0v) is 13.7. The minimum Gasteiger partial charge on any atom is -0.329 e. The molecule has 0 bridgehead atoms. The van der Waals surface area contributed by atoms with E-state index in [9.17, 15) is 0 Å². The van der Waals surface area contributed by atoms with Crippen LogP contribution in [0, 0.1) is 0 Å². The number of nitrogens with zero attached hydrogens (tertiary/aromatic N) is 2. The van der Waals surface area contributed by atoms with Crippen molar-refractivity contribution < 1.29 is 0 Å². The van der Waals surface area contributed by atoms with Crippen molar-refractivity contribution in [2.45, 2.75) is 38.6 Å². The zero-order valence-electron chi connectivity index (χ0n) is 13.7. The van der Waals surface area contributed by atoms with Crippen molar-refractivity contribution in [2.24, 2.45) is 5.73 Å². The van der Waals surface area contributed by atoms with Gasteiger partial charge >= 0.3 is 0 Å². The number of hydrogen-bond acceptors (Lipinski definition) is 3. The molecule has 21 heavy (non-hydrogen) atoms. The van der Waals surface area contributed by atoms with Gasteiger partial charge in [0.15, 0.2) is 0 Å². The summed E-state index contributed by atoms with van der Waals surface area (Å²) < 4.78 is 0. The van der Waals surface area contributed by atoms with E-state index in [1.54, 1.807) is 0 Å². The summed E-state index contributed by atoms with van der Waals surface area (Å²) in [6.07, 6.45) is 3.57. The largest absolute Gasteiger partial charge is 0.329 e.